The second-order valence-electron chi connectivity index (χ2n) is 4.12. The fourth-order valence-corrected chi connectivity index (χ4v) is 1.42. The molecule has 0 spiro atoms. The number of aliphatic carboxylic acids is 1. The molecule has 0 rings (SSSR count). The van der Waals surface area contributed by atoms with E-state index in [1.165, 1.54) is 11.8 Å². The minimum atomic E-state index is -0.964. The van der Waals surface area contributed by atoms with E-state index in [2.05, 4.69) is 6.92 Å². The quantitative estimate of drug-likeness (QED) is 0.734. The highest BCUT2D eigenvalue weighted by molar-refractivity contribution is 5.83. The monoisotopic (exact) mass is 215 g/mol. The molecule has 0 saturated carbocycles. The molecule has 4 nitrogen and oxygen atoms in total. The number of carboxylic acids is 1. The van der Waals surface area contributed by atoms with Crippen molar-refractivity contribution in [1.29, 1.82) is 0 Å². The van der Waals surface area contributed by atoms with Crippen molar-refractivity contribution in [2.24, 2.45) is 5.92 Å². The largest absolute Gasteiger partial charge is 0.480 e. The molecule has 4 heteroatoms. The molecule has 88 valence electrons. The topological polar surface area (TPSA) is 57.6 Å². The Morgan fingerprint density at radius 2 is 1.87 bits per heavy atom. The minimum absolute atomic E-state index is 0.0918. The summed E-state index contributed by atoms with van der Waals surface area (Å²) in [5.74, 6) is -0.731. The lowest BCUT2D eigenvalue weighted by Crippen LogP contribution is -2.40. The van der Waals surface area contributed by atoms with Crippen LogP contribution in [0.2, 0.25) is 0 Å². The first-order valence-corrected chi connectivity index (χ1v) is 5.38. The van der Waals surface area contributed by atoms with Crippen LogP contribution in [0.15, 0.2) is 0 Å². The van der Waals surface area contributed by atoms with Gasteiger partial charge in [-0.25, -0.2) is 4.79 Å². The molecule has 1 N–H and O–H groups in total. The van der Waals surface area contributed by atoms with Gasteiger partial charge in [-0.2, -0.15) is 0 Å². The Labute approximate surface area is 91.3 Å². The van der Waals surface area contributed by atoms with Gasteiger partial charge >= 0.3 is 5.97 Å². The molecule has 0 aliphatic carbocycles. The molecule has 1 amide bonds. The van der Waals surface area contributed by atoms with E-state index >= 15 is 0 Å². The van der Waals surface area contributed by atoms with Crippen LogP contribution in [0.1, 0.15) is 40.0 Å². The maximum atomic E-state index is 11.6. The fourth-order valence-electron chi connectivity index (χ4n) is 1.42. The Bertz CT molecular complexity index is 228. The molecule has 0 aromatic heterocycles. The number of hydrogen-bond acceptors (Lipinski definition) is 2. The van der Waals surface area contributed by atoms with E-state index in [4.69, 9.17) is 5.11 Å². The van der Waals surface area contributed by atoms with Gasteiger partial charge in [-0.05, 0) is 12.8 Å². The smallest absolute Gasteiger partial charge is 0.326 e. The summed E-state index contributed by atoms with van der Waals surface area (Å²) >= 11 is 0. The van der Waals surface area contributed by atoms with E-state index < -0.39 is 12.0 Å². The summed E-state index contributed by atoms with van der Waals surface area (Å²) in [5.41, 5.74) is 0. The molecule has 0 aromatic rings. The van der Waals surface area contributed by atoms with E-state index in [-0.39, 0.29) is 5.91 Å². The molecular weight excluding hydrogens is 194 g/mol. The highest BCUT2D eigenvalue weighted by atomic mass is 16.4. The van der Waals surface area contributed by atoms with Crippen LogP contribution in [0, 0.1) is 5.92 Å². The lowest BCUT2D eigenvalue weighted by Gasteiger charge is -2.23. The van der Waals surface area contributed by atoms with Crippen LogP contribution >= 0.6 is 0 Å². The number of carboxylic acid groups (broad SMARTS) is 1. The first-order chi connectivity index (χ1) is 6.90. The van der Waals surface area contributed by atoms with Gasteiger partial charge in [-0.3, -0.25) is 4.79 Å². The lowest BCUT2D eigenvalue weighted by atomic mass is 10.0. The number of nitrogens with zero attached hydrogens (tertiary/aromatic N) is 1. The predicted molar refractivity (Wildman–Crippen MR) is 58.6 cm³/mol. The van der Waals surface area contributed by atoms with Crippen LogP contribution in [0.4, 0.5) is 0 Å². The summed E-state index contributed by atoms with van der Waals surface area (Å²) in [5, 5.41) is 8.74. The van der Waals surface area contributed by atoms with Crippen LogP contribution in [-0.4, -0.2) is 35.0 Å². The third-order valence-corrected chi connectivity index (χ3v) is 2.64. The van der Waals surface area contributed by atoms with E-state index in [9.17, 15) is 9.59 Å². The van der Waals surface area contributed by atoms with Gasteiger partial charge in [0.25, 0.3) is 0 Å². The molecule has 0 heterocycles. The minimum Gasteiger partial charge on any atom is -0.480 e. The highest BCUT2D eigenvalue weighted by Crippen LogP contribution is 2.12. The maximum Gasteiger partial charge on any atom is 0.326 e. The molecular formula is C11H21NO3. The summed E-state index contributed by atoms with van der Waals surface area (Å²) in [7, 11) is 1.54. The molecule has 0 aliphatic heterocycles. The SMILES string of the molecule is CCC[C@@H](C)CC(=O)N(C)[C@H](C)C(=O)O. The fraction of sp³-hybridized carbons (Fsp3) is 0.818. The van der Waals surface area contributed by atoms with Crippen molar-refractivity contribution < 1.29 is 14.7 Å². The third kappa shape index (κ3) is 4.81. The molecule has 2 atom stereocenters. The normalized spacial score (nSPS) is 14.4. The van der Waals surface area contributed by atoms with Crippen molar-refractivity contribution in [2.45, 2.75) is 46.1 Å². The highest BCUT2D eigenvalue weighted by Gasteiger charge is 2.22. The standard InChI is InChI=1S/C11H21NO3/c1-5-6-8(2)7-10(13)12(4)9(3)11(14)15/h8-9H,5-7H2,1-4H3,(H,14,15)/t8-,9-/m1/s1. The molecule has 0 fully saturated rings. The van der Waals surface area contributed by atoms with Crippen molar-refractivity contribution in [2.75, 3.05) is 7.05 Å². The maximum absolute atomic E-state index is 11.6. The zero-order valence-corrected chi connectivity index (χ0v) is 9.99. The van der Waals surface area contributed by atoms with Gasteiger partial charge in [0.2, 0.25) is 5.91 Å². The van der Waals surface area contributed by atoms with Crippen LogP contribution < -0.4 is 0 Å². The average Bonchev–Trinajstić information content (AvgIpc) is 2.15. The number of likely N-dealkylation sites (N-methyl/N-ethyl adjacent to an activating group) is 1. The van der Waals surface area contributed by atoms with Crippen molar-refractivity contribution in [3.05, 3.63) is 0 Å². The Morgan fingerprint density at radius 3 is 2.27 bits per heavy atom. The third-order valence-electron chi connectivity index (χ3n) is 2.64. The summed E-state index contributed by atoms with van der Waals surface area (Å²) in [6.07, 6.45) is 2.48. The molecule has 0 aromatic carbocycles. The Kier molecular flexibility index (Phi) is 5.97. The van der Waals surface area contributed by atoms with E-state index in [0.29, 0.717) is 12.3 Å². The summed E-state index contributed by atoms with van der Waals surface area (Å²) < 4.78 is 0. The van der Waals surface area contributed by atoms with Crippen molar-refractivity contribution in [1.82, 2.24) is 4.90 Å². The number of amides is 1. The van der Waals surface area contributed by atoms with Crippen LogP contribution in [-0.2, 0) is 9.59 Å². The molecule has 15 heavy (non-hydrogen) atoms. The predicted octanol–water partition coefficient (Wildman–Crippen LogP) is 1.74. The van der Waals surface area contributed by atoms with Crippen LogP contribution in [0.5, 0.6) is 0 Å². The zero-order chi connectivity index (χ0) is 12.0. The Hall–Kier alpha value is -1.06. The second-order valence-corrected chi connectivity index (χ2v) is 4.12. The summed E-state index contributed by atoms with van der Waals surface area (Å²) in [6, 6.07) is -0.744. The van der Waals surface area contributed by atoms with E-state index in [0.717, 1.165) is 12.8 Å². The zero-order valence-electron chi connectivity index (χ0n) is 9.99. The van der Waals surface area contributed by atoms with E-state index in [1.54, 1.807) is 7.05 Å². The molecule has 0 saturated heterocycles. The number of carbonyl (C=O) groups excluding carboxylic acids is 1. The van der Waals surface area contributed by atoms with Gasteiger partial charge in [0, 0.05) is 13.5 Å². The van der Waals surface area contributed by atoms with Crippen molar-refractivity contribution in [3.63, 3.8) is 0 Å². The van der Waals surface area contributed by atoms with Gasteiger partial charge in [-0.15, -0.1) is 0 Å². The lowest BCUT2D eigenvalue weighted by molar-refractivity contribution is -0.148. The molecule has 0 unspecified atom stereocenters. The van der Waals surface area contributed by atoms with Crippen LogP contribution in [0.3, 0.4) is 0 Å². The molecule has 0 aliphatic rings. The van der Waals surface area contributed by atoms with Gasteiger partial charge in [0.15, 0.2) is 0 Å². The second kappa shape index (κ2) is 6.43. The van der Waals surface area contributed by atoms with Crippen molar-refractivity contribution >= 4 is 11.9 Å². The van der Waals surface area contributed by atoms with E-state index in [1.807, 2.05) is 6.92 Å². The van der Waals surface area contributed by atoms with Crippen molar-refractivity contribution in [3.8, 4) is 0 Å². The average molecular weight is 215 g/mol. The number of carbonyl (C=O) groups is 2. The Balaban J connectivity index is 4.15. The molecule has 0 radical (unpaired) electrons. The van der Waals surface area contributed by atoms with Gasteiger partial charge < -0.3 is 10.0 Å². The van der Waals surface area contributed by atoms with Gasteiger partial charge in [0.1, 0.15) is 6.04 Å². The Morgan fingerprint density at radius 1 is 1.33 bits per heavy atom. The summed E-state index contributed by atoms with van der Waals surface area (Å²) in [4.78, 5) is 23.6. The van der Waals surface area contributed by atoms with Gasteiger partial charge in [0.05, 0.1) is 0 Å². The van der Waals surface area contributed by atoms with Crippen LogP contribution in [0.25, 0.3) is 0 Å². The van der Waals surface area contributed by atoms with Gasteiger partial charge in [-0.1, -0.05) is 26.7 Å². The number of rotatable bonds is 6. The molecule has 0 bridgehead atoms. The summed E-state index contributed by atoms with van der Waals surface area (Å²) in [6.45, 7) is 5.61. The first kappa shape index (κ1) is 13.9. The first-order valence-electron chi connectivity index (χ1n) is 5.38. The number of hydrogen-bond donors (Lipinski definition) is 1.